The van der Waals surface area contributed by atoms with E-state index >= 15 is 0 Å². The van der Waals surface area contributed by atoms with E-state index in [2.05, 4.69) is 610 Å². The molecule has 0 saturated carbocycles. The van der Waals surface area contributed by atoms with E-state index in [1.807, 2.05) is 0 Å². The number of fused-ring (bicyclic) bond motifs is 18. The number of nitrogens with zero attached hydrogens (tertiary/aromatic N) is 6. The fourth-order valence-electron chi connectivity index (χ4n) is 23.2. The van der Waals surface area contributed by atoms with Gasteiger partial charge in [0, 0.05) is 98.8 Å². The number of aromatic nitrogens is 6. The van der Waals surface area contributed by atoms with E-state index < -0.39 is 0 Å². The molecule has 0 saturated heterocycles. The summed E-state index contributed by atoms with van der Waals surface area (Å²) in [6.07, 6.45) is 0. The lowest BCUT2D eigenvalue weighted by Gasteiger charge is -2.11. The molecule has 6 heterocycles. The summed E-state index contributed by atoms with van der Waals surface area (Å²) in [6.45, 7) is 0. The molecule has 30 rings (SSSR count). The summed E-state index contributed by atoms with van der Waals surface area (Å²) in [7, 11) is 0. The van der Waals surface area contributed by atoms with Crippen LogP contribution in [0.15, 0.2) is 582 Å². The highest BCUT2D eigenvalue weighted by Crippen LogP contribution is 2.46. The van der Waals surface area contributed by atoms with Gasteiger partial charge >= 0.3 is 0 Å². The molecular weight excluding hydrogens is 1810 g/mol. The molecule has 0 fully saturated rings. The maximum atomic E-state index is 2.40. The summed E-state index contributed by atoms with van der Waals surface area (Å²) in [5, 5.41) is 15.2. The van der Waals surface area contributed by atoms with Crippen molar-refractivity contribution in [2.75, 3.05) is 0 Å². The Hall–Kier alpha value is -19.9. The van der Waals surface area contributed by atoms with Crippen LogP contribution >= 0.6 is 0 Å². The maximum absolute atomic E-state index is 2.40. The van der Waals surface area contributed by atoms with Crippen LogP contribution in [0.1, 0.15) is 0 Å². The molecule has 0 aliphatic carbocycles. The van der Waals surface area contributed by atoms with Gasteiger partial charge in [0.25, 0.3) is 0 Å². The van der Waals surface area contributed by atoms with Gasteiger partial charge in [-0.1, -0.05) is 400 Å². The van der Waals surface area contributed by atoms with Crippen molar-refractivity contribution in [2.24, 2.45) is 0 Å². The zero-order chi connectivity index (χ0) is 99.1. The fraction of sp³-hybridized carbons (Fsp3) is 0. The lowest BCUT2D eigenvalue weighted by Crippen LogP contribution is -1.94. The van der Waals surface area contributed by atoms with Crippen LogP contribution in [0.3, 0.4) is 0 Å². The van der Waals surface area contributed by atoms with Gasteiger partial charge < -0.3 is 27.4 Å². The monoisotopic (exact) mass is 1910 g/mol. The number of rotatable bonds is 15. The normalized spacial score (nSPS) is 11.6. The summed E-state index contributed by atoms with van der Waals surface area (Å²) < 4.78 is 14.3. The zero-order valence-corrected chi connectivity index (χ0v) is 82.1. The fourth-order valence-corrected chi connectivity index (χ4v) is 23.2. The first-order valence-electron chi connectivity index (χ1n) is 51.6. The van der Waals surface area contributed by atoms with Gasteiger partial charge in [0.05, 0.1) is 66.2 Å². The highest BCUT2D eigenvalue weighted by Gasteiger charge is 2.23. The van der Waals surface area contributed by atoms with E-state index in [0.717, 1.165) is 17.1 Å². The van der Waals surface area contributed by atoms with E-state index in [-0.39, 0.29) is 0 Å². The lowest BCUT2D eigenvalue weighted by molar-refractivity contribution is 1.18. The Kier molecular flexibility index (Phi) is 21.9. The van der Waals surface area contributed by atoms with E-state index in [4.69, 9.17) is 0 Å². The Morgan fingerprint density at radius 1 is 0.0733 bits per heavy atom. The van der Waals surface area contributed by atoms with Crippen molar-refractivity contribution >= 4 is 131 Å². The lowest BCUT2D eigenvalue weighted by atomic mass is 9.98. The minimum atomic E-state index is 1.16. The van der Waals surface area contributed by atoms with Gasteiger partial charge in [-0.3, -0.25) is 0 Å². The molecule has 0 spiro atoms. The number of hydrogen-bond acceptors (Lipinski definition) is 0. The van der Waals surface area contributed by atoms with Crippen molar-refractivity contribution < 1.29 is 0 Å². The predicted octanol–water partition coefficient (Wildman–Crippen LogP) is 38.6. The summed E-state index contributed by atoms with van der Waals surface area (Å²) in [5.41, 5.74) is 43.5. The molecule has 6 heteroatoms. The third kappa shape index (κ3) is 15.6. The molecule has 6 aromatic heterocycles. The summed E-state index contributed by atoms with van der Waals surface area (Å²) in [5.74, 6) is 0. The average Bonchev–Trinajstić information content (AvgIpc) is 1.61. The van der Waals surface area contributed by atoms with Crippen LogP contribution in [-0.4, -0.2) is 27.4 Å². The molecule has 0 bridgehead atoms. The van der Waals surface area contributed by atoms with Crippen LogP contribution in [0.5, 0.6) is 0 Å². The zero-order valence-electron chi connectivity index (χ0n) is 82.1. The Balaban J connectivity index is 0.000000109. The van der Waals surface area contributed by atoms with Crippen molar-refractivity contribution in [1.29, 1.82) is 0 Å². The smallest absolute Gasteiger partial charge is 0.0541 e. The largest absolute Gasteiger partial charge is 0.309 e. The highest BCUT2D eigenvalue weighted by atomic mass is 15.0. The number of hydrogen-bond donors (Lipinski definition) is 0. The standard InChI is InChI=1S/C54H36N2.C48H32N2.C42H28N2/c1-3-12-37(13-4-1)39-26-30-45(31-27-39)55-51-20-9-7-18-47(51)49-35-43(28-32-53(49)55)40-22-24-41(25-23-40)44-29-33-54-50(36-44)48-19-8-10-21-52(48)56(54)46-17-11-16-42(34-46)38-14-5-2-6-15-38;1-3-11-33(12-4-1)34-23-27-40(28-24-34)50-46-18-10-8-16-42(46)44-32-38(26-30-48(44)50)36-21-19-35(20-22-36)37-25-29-47-43(31-37)41-15-7-9-17-45(41)49(47)39-13-5-2-6-14-39;1-3-11-33(12-4-1)43-39-17-9-7-15-35(39)37-27-31(23-25-41(37)43)29-19-21-30(22-20-29)32-24-26-42-38(28-32)36-16-8-10-18-40(36)44(42)34-13-5-2-6-14-34/h1-36H;1-32H;1-28H. The predicted molar refractivity (Wildman–Crippen MR) is 634 cm³/mol. The van der Waals surface area contributed by atoms with Gasteiger partial charge in [0.1, 0.15) is 0 Å². The molecule has 30 aromatic rings. The third-order valence-corrected chi connectivity index (χ3v) is 30.4. The second kappa shape index (κ2) is 37.4. The molecule has 0 atom stereocenters. The van der Waals surface area contributed by atoms with Crippen molar-refractivity contribution in [3.05, 3.63) is 582 Å². The molecule has 150 heavy (non-hydrogen) atoms. The quantitative estimate of drug-likeness (QED) is 0.0979. The summed E-state index contributed by atoms with van der Waals surface area (Å²) in [6, 6.07) is 211. The highest BCUT2D eigenvalue weighted by molar-refractivity contribution is 6.17. The molecule has 0 N–H and O–H groups in total. The molecule has 0 unspecified atom stereocenters. The van der Waals surface area contributed by atoms with Crippen LogP contribution in [-0.2, 0) is 0 Å². The van der Waals surface area contributed by atoms with Gasteiger partial charge in [-0.05, 0) is 282 Å². The summed E-state index contributed by atoms with van der Waals surface area (Å²) in [4.78, 5) is 0. The number of para-hydroxylation sites is 9. The SMILES string of the molecule is c1ccc(-c2ccc(-n3c4ccccc4c4cc(-c5ccc(-c6ccc7c(c6)c6ccccc6n7-c6cccc(-c7ccccc7)c6)cc5)ccc43)cc2)cc1.c1ccc(-c2ccc(-n3c4ccccc4c4cc(-c5ccc(-c6ccc7c(c6)c6ccccc6n7-c6ccccc6)cc5)ccc43)cc2)cc1.c1ccc(-n2c3ccccc3c3cc(-c4ccc(-c5ccc6c(c5)c5ccccc5n6-c5ccccc5)cc4)ccc32)cc1. The van der Waals surface area contributed by atoms with Crippen LogP contribution in [0.2, 0.25) is 0 Å². The molecular formula is C144H96N6. The molecule has 0 amide bonds. The molecule has 0 aliphatic rings. The van der Waals surface area contributed by atoms with Gasteiger partial charge in [0.2, 0.25) is 0 Å². The van der Waals surface area contributed by atoms with E-state index in [0.29, 0.717) is 0 Å². The molecule has 6 nitrogen and oxygen atoms in total. The average molecular weight is 1910 g/mol. The van der Waals surface area contributed by atoms with Crippen LogP contribution in [0.4, 0.5) is 0 Å². The first-order chi connectivity index (χ1) is 74.4. The van der Waals surface area contributed by atoms with Crippen molar-refractivity contribution in [3.8, 4) is 134 Å². The minimum Gasteiger partial charge on any atom is -0.309 e. The van der Waals surface area contributed by atoms with Crippen LogP contribution in [0.25, 0.3) is 265 Å². The minimum absolute atomic E-state index is 1.16. The molecule has 24 aromatic carbocycles. The molecule has 702 valence electrons. The van der Waals surface area contributed by atoms with Crippen molar-refractivity contribution in [1.82, 2.24) is 27.4 Å². The second-order valence-corrected chi connectivity index (χ2v) is 39.0. The van der Waals surface area contributed by atoms with E-state index in [1.54, 1.807) is 0 Å². The van der Waals surface area contributed by atoms with Crippen LogP contribution < -0.4 is 0 Å². The Morgan fingerprint density at radius 2 is 0.207 bits per heavy atom. The van der Waals surface area contributed by atoms with E-state index in [1.165, 1.54) is 248 Å². The first-order valence-corrected chi connectivity index (χ1v) is 51.6. The first kappa shape index (κ1) is 87.8. The molecule has 0 aliphatic heterocycles. The Morgan fingerprint density at radius 3 is 0.433 bits per heavy atom. The maximum Gasteiger partial charge on any atom is 0.0541 e. The van der Waals surface area contributed by atoms with Crippen molar-refractivity contribution in [3.63, 3.8) is 0 Å². The number of benzene rings is 24. The Bertz CT molecular complexity index is 10200. The van der Waals surface area contributed by atoms with Gasteiger partial charge in [-0.15, -0.1) is 0 Å². The second-order valence-electron chi connectivity index (χ2n) is 39.0. The summed E-state index contributed by atoms with van der Waals surface area (Å²) >= 11 is 0. The Labute approximate surface area is 868 Å². The third-order valence-electron chi connectivity index (χ3n) is 30.4. The van der Waals surface area contributed by atoms with Gasteiger partial charge in [-0.2, -0.15) is 0 Å². The molecule has 0 radical (unpaired) electrons. The van der Waals surface area contributed by atoms with E-state index in [9.17, 15) is 0 Å². The van der Waals surface area contributed by atoms with Crippen LogP contribution in [0, 0.1) is 0 Å². The topological polar surface area (TPSA) is 29.6 Å². The van der Waals surface area contributed by atoms with Crippen molar-refractivity contribution in [2.45, 2.75) is 0 Å². The van der Waals surface area contributed by atoms with Gasteiger partial charge in [0.15, 0.2) is 0 Å². The van der Waals surface area contributed by atoms with Gasteiger partial charge in [-0.25, -0.2) is 0 Å².